The first-order chi connectivity index (χ1) is 8.70. The molecular formula is C13H20FN3S. The highest BCUT2D eigenvalue weighted by Crippen LogP contribution is 2.30. The molecule has 3 nitrogen and oxygen atoms in total. The number of rotatable bonds is 4. The molecule has 0 saturated heterocycles. The molecular weight excluding hydrogens is 249 g/mol. The van der Waals surface area contributed by atoms with Gasteiger partial charge in [-0.3, -0.25) is 0 Å². The monoisotopic (exact) mass is 269 g/mol. The van der Waals surface area contributed by atoms with E-state index in [1.165, 1.54) is 32.1 Å². The molecule has 0 amide bonds. The zero-order chi connectivity index (χ0) is 13.0. The molecule has 1 saturated carbocycles. The van der Waals surface area contributed by atoms with Crippen LogP contribution < -0.4 is 5.32 Å². The molecule has 0 unspecified atom stereocenters. The van der Waals surface area contributed by atoms with Crippen LogP contribution in [0.15, 0.2) is 0 Å². The van der Waals surface area contributed by atoms with Crippen molar-refractivity contribution in [3.63, 3.8) is 0 Å². The number of halogens is 1. The number of aryl methyl sites for hydroxylation is 1. The Labute approximate surface area is 112 Å². The third-order valence-electron chi connectivity index (χ3n) is 3.30. The zero-order valence-corrected chi connectivity index (χ0v) is 11.8. The number of nitrogens with one attached hydrogen (secondary N) is 1. The summed E-state index contributed by atoms with van der Waals surface area (Å²) in [5.41, 5.74) is 0.425. The van der Waals surface area contributed by atoms with Gasteiger partial charge in [0.2, 0.25) is 0 Å². The molecule has 0 aliphatic heterocycles. The molecule has 1 fully saturated rings. The van der Waals surface area contributed by atoms with E-state index in [-0.39, 0.29) is 5.82 Å². The maximum atomic E-state index is 13.6. The number of anilines is 1. The number of hydrogen-bond acceptors (Lipinski definition) is 4. The quantitative estimate of drug-likeness (QED) is 0.907. The number of aromatic nitrogens is 2. The average molecular weight is 269 g/mol. The highest BCUT2D eigenvalue weighted by molar-refractivity contribution is 7.99. The second kappa shape index (κ2) is 6.36. The third kappa shape index (κ3) is 3.34. The van der Waals surface area contributed by atoms with Crippen molar-refractivity contribution in [1.29, 1.82) is 0 Å². The Morgan fingerprint density at radius 1 is 1.28 bits per heavy atom. The van der Waals surface area contributed by atoms with Crippen molar-refractivity contribution in [2.75, 3.05) is 12.4 Å². The van der Waals surface area contributed by atoms with Gasteiger partial charge in [0, 0.05) is 12.3 Å². The molecule has 1 heterocycles. The highest BCUT2D eigenvalue weighted by Gasteiger charge is 2.15. The van der Waals surface area contributed by atoms with Gasteiger partial charge in [-0.25, -0.2) is 14.4 Å². The van der Waals surface area contributed by atoms with Gasteiger partial charge in [0.25, 0.3) is 0 Å². The standard InChI is InChI=1S/C13H20FN3S/c1-9-12(14)13(15-2)17-11(16-9)8-18-10-6-4-3-5-7-10/h10H,3-8H2,1-2H3,(H,15,16,17). The molecule has 100 valence electrons. The molecule has 1 aromatic rings. The van der Waals surface area contributed by atoms with Crippen molar-refractivity contribution >= 4 is 17.6 Å². The van der Waals surface area contributed by atoms with Crippen LogP contribution >= 0.6 is 11.8 Å². The summed E-state index contributed by atoms with van der Waals surface area (Å²) in [6.07, 6.45) is 6.63. The second-order valence-electron chi connectivity index (χ2n) is 4.71. The zero-order valence-electron chi connectivity index (χ0n) is 11.0. The first-order valence-corrected chi connectivity index (χ1v) is 7.58. The topological polar surface area (TPSA) is 37.8 Å². The van der Waals surface area contributed by atoms with Crippen LogP contribution in [-0.4, -0.2) is 22.3 Å². The van der Waals surface area contributed by atoms with Gasteiger partial charge in [-0.15, -0.1) is 0 Å². The Hall–Kier alpha value is -0.840. The van der Waals surface area contributed by atoms with Crippen LogP contribution in [-0.2, 0) is 5.75 Å². The van der Waals surface area contributed by atoms with Gasteiger partial charge in [0.05, 0.1) is 11.4 Å². The van der Waals surface area contributed by atoms with Gasteiger partial charge < -0.3 is 5.32 Å². The normalized spacial score (nSPS) is 16.8. The lowest BCUT2D eigenvalue weighted by molar-refractivity contribution is 0.516. The number of hydrogen-bond donors (Lipinski definition) is 1. The maximum absolute atomic E-state index is 13.6. The molecule has 0 spiro atoms. The third-order valence-corrected chi connectivity index (χ3v) is 4.67. The van der Waals surface area contributed by atoms with E-state index in [0.29, 0.717) is 11.5 Å². The predicted molar refractivity (Wildman–Crippen MR) is 74.4 cm³/mol. The molecule has 1 N–H and O–H groups in total. The van der Waals surface area contributed by atoms with E-state index in [1.807, 2.05) is 11.8 Å². The molecule has 0 atom stereocenters. The Bertz CT molecular complexity index is 405. The smallest absolute Gasteiger partial charge is 0.186 e. The van der Waals surface area contributed by atoms with Crippen LogP contribution in [0.3, 0.4) is 0 Å². The van der Waals surface area contributed by atoms with Gasteiger partial charge in [-0.2, -0.15) is 11.8 Å². The molecule has 2 rings (SSSR count). The van der Waals surface area contributed by atoms with E-state index in [1.54, 1.807) is 14.0 Å². The van der Waals surface area contributed by atoms with Gasteiger partial charge in [-0.05, 0) is 19.8 Å². The summed E-state index contributed by atoms with van der Waals surface area (Å²) >= 11 is 1.91. The summed E-state index contributed by atoms with van der Waals surface area (Å²) in [5, 5.41) is 3.51. The van der Waals surface area contributed by atoms with Crippen LogP contribution in [0, 0.1) is 12.7 Å². The molecule has 1 aliphatic rings. The number of nitrogens with zero attached hydrogens (tertiary/aromatic N) is 2. The summed E-state index contributed by atoms with van der Waals surface area (Å²) in [7, 11) is 1.68. The summed E-state index contributed by atoms with van der Waals surface area (Å²) in [6.45, 7) is 1.69. The fourth-order valence-corrected chi connectivity index (χ4v) is 3.45. The van der Waals surface area contributed by atoms with Crippen molar-refractivity contribution in [2.45, 2.75) is 50.0 Å². The van der Waals surface area contributed by atoms with Crippen LogP contribution in [0.5, 0.6) is 0 Å². The number of thioether (sulfide) groups is 1. The second-order valence-corrected chi connectivity index (χ2v) is 6.00. The summed E-state index contributed by atoms with van der Waals surface area (Å²) in [4.78, 5) is 8.44. The Morgan fingerprint density at radius 2 is 2.00 bits per heavy atom. The lowest BCUT2D eigenvalue weighted by atomic mass is 10.0. The molecule has 1 aromatic heterocycles. The average Bonchev–Trinajstić information content (AvgIpc) is 2.41. The SMILES string of the molecule is CNc1nc(CSC2CCCCC2)nc(C)c1F. The van der Waals surface area contributed by atoms with Gasteiger partial charge in [-0.1, -0.05) is 19.3 Å². The van der Waals surface area contributed by atoms with Crippen molar-refractivity contribution in [1.82, 2.24) is 9.97 Å². The first kappa shape index (κ1) is 13.6. The first-order valence-electron chi connectivity index (χ1n) is 6.53. The van der Waals surface area contributed by atoms with Gasteiger partial charge in [0.1, 0.15) is 5.82 Å². The lowest BCUT2D eigenvalue weighted by Crippen LogP contribution is -2.10. The van der Waals surface area contributed by atoms with Crippen LogP contribution in [0.25, 0.3) is 0 Å². The minimum atomic E-state index is -0.344. The molecule has 0 bridgehead atoms. The van der Waals surface area contributed by atoms with E-state index in [4.69, 9.17) is 0 Å². The molecule has 18 heavy (non-hydrogen) atoms. The Morgan fingerprint density at radius 3 is 2.67 bits per heavy atom. The van der Waals surface area contributed by atoms with Crippen molar-refractivity contribution in [2.24, 2.45) is 0 Å². The molecule has 0 radical (unpaired) electrons. The van der Waals surface area contributed by atoms with Crippen molar-refractivity contribution in [3.8, 4) is 0 Å². The van der Waals surface area contributed by atoms with Crippen molar-refractivity contribution in [3.05, 3.63) is 17.3 Å². The summed E-state index contributed by atoms with van der Waals surface area (Å²) in [6, 6.07) is 0. The van der Waals surface area contributed by atoms with E-state index >= 15 is 0 Å². The van der Waals surface area contributed by atoms with E-state index < -0.39 is 0 Å². The van der Waals surface area contributed by atoms with E-state index in [2.05, 4.69) is 15.3 Å². The van der Waals surface area contributed by atoms with Crippen LogP contribution in [0.4, 0.5) is 10.2 Å². The van der Waals surface area contributed by atoms with Crippen molar-refractivity contribution < 1.29 is 4.39 Å². The Balaban J connectivity index is 1.98. The lowest BCUT2D eigenvalue weighted by Gasteiger charge is -2.20. The molecule has 5 heteroatoms. The summed E-state index contributed by atoms with van der Waals surface area (Å²) < 4.78 is 13.6. The van der Waals surface area contributed by atoms with Crippen LogP contribution in [0.2, 0.25) is 0 Å². The Kier molecular flexibility index (Phi) is 4.80. The molecule has 0 aromatic carbocycles. The van der Waals surface area contributed by atoms with E-state index in [9.17, 15) is 4.39 Å². The summed E-state index contributed by atoms with van der Waals surface area (Å²) in [5.74, 6) is 1.47. The fraction of sp³-hybridized carbons (Fsp3) is 0.692. The maximum Gasteiger partial charge on any atom is 0.186 e. The minimum absolute atomic E-state index is 0.307. The van der Waals surface area contributed by atoms with Gasteiger partial charge in [0.15, 0.2) is 11.6 Å². The minimum Gasteiger partial charge on any atom is -0.371 e. The van der Waals surface area contributed by atoms with Crippen LogP contribution in [0.1, 0.15) is 43.6 Å². The highest BCUT2D eigenvalue weighted by atomic mass is 32.2. The predicted octanol–water partition coefficient (Wildman–Crippen LogP) is 3.53. The van der Waals surface area contributed by atoms with Gasteiger partial charge >= 0.3 is 0 Å². The van der Waals surface area contributed by atoms with E-state index in [0.717, 1.165) is 16.8 Å². The molecule has 1 aliphatic carbocycles. The fourth-order valence-electron chi connectivity index (χ4n) is 2.27. The largest absolute Gasteiger partial charge is 0.371 e.